The van der Waals surface area contributed by atoms with E-state index in [1.807, 2.05) is 30.3 Å². The summed E-state index contributed by atoms with van der Waals surface area (Å²) < 4.78 is 1.64. The van der Waals surface area contributed by atoms with Crippen LogP contribution in [0.1, 0.15) is 44.9 Å². The molecule has 5 nitrogen and oxygen atoms in total. The first-order valence-electron chi connectivity index (χ1n) is 11.5. The first-order chi connectivity index (χ1) is 14.5. The maximum Gasteiger partial charge on any atom is 0.253 e. The Hall–Kier alpha value is -1.98. The lowest BCUT2D eigenvalue weighted by Crippen LogP contribution is -2.63. The molecule has 3 fully saturated rings. The van der Waals surface area contributed by atoms with Crippen LogP contribution in [0.25, 0.3) is 11.3 Å². The highest BCUT2D eigenvalue weighted by Gasteiger charge is 2.59. The summed E-state index contributed by atoms with van der Waals surface area (Å²) in [5, 5.41) is 12.1. The highest BCUT2D eigenvalue weighted by atomic mass is 16.3. The van der Waals surface area contributed by atoms with Crippen LogP contribution in [-0.4, -0.2) is 45.3 Å². The maximum absolute atomic E-state index is 13.0. The van der Waals surface area contributed by atoms with Crippen molar-refractivity contribution in [2.75, 3.05) is 20.1 Å². The molecule has 3 atom stereocenters. The Morgan fingerprint density at radius 1 is 1.17 bits per heavy atom. The number of hydrogen-bond acceptors (Lipinski definition) is 4. The maximum atomic E-state index is 13.0. The molecule has 2 heterocycles. The zero-order valence-electron chi connectivity index (χ0n) is 18.0. The van der Waals surface area contributed by atoms with Crippen molar-refractivity contribution in [2.45, 2.75) is 57.1 Å². The van der Waals surface area contributed by atoms with Gasteiger partial charge in [0.2, 0.25) is 0 Å². The summed E-state index contributed by atoms with van der Waals surface area (Å²) >= 11 is 0. The van der Waals surface area contributed by atoms with Gasteiger partial charge in [0, 0.05) is 30.1 Å². The average Bonchev–Trinajstić information content (AvgIpc) is 3.48. The Kier molecular flexibility index (Phi) is 5.06. The summed E-state index contributed by atoms with van der Waals surface area (Å²) in [6, 6.07) is 11.4. The minimum atomic E-state index is -0.852. The summed E-state index contributed by atoms with van der Waals surface area (Å²) in [6.45, 7) is 2.16. The third-order valence-electron chi connectivity index (χ3n) is 8.04. The number of likely N-dealkylation sites (tertiary alicyclic amines) is 1. The van der Waals surface area contributed by atoms with Crippen molar-refractivity contribution in [2.24, 2.45) is 17.3 Å². The highest BCUT2D eigenvalue weighted by molar-refractivity contribution is 5.57. The minimum absolute atomic E-state index is 0.0805. The van der Waals surface area contributed by atoms with Crippen molar-refractivity contribution in [3.8, 4) is 11.3 Å². The van der Waals surface area contributed by atoms with Gasteiger partial charge in [0.05, 0.1) is 24.2 Å². The van der Waals surface area contributed by atoms with E-state index in [-0.39, 0.29) is 11.0 Å². The van der Waals surface area contributed by atoms with E-state index in [2.05, 4.69) is 16.9 Å². The van der Waals surface area contributed by atoms with Gasteiger partial charge in [-0.05, 0) is 44.6 Å². The normalized spacial score (nSPS) is 32.0. The molecule has 0 amide bonds. The number of aliphatic hydroxyl groups is 1. The largest absolute Gasteiger partial charge is 0.387 e. The van der Waals surface area contributed by atoms with Crippen molar-refractivity contribution in [3.63, 3.8) is 0 Å². The van der Waals surface area contributed by atoms with Crippen molar-refractivity contribution in [1.29, 1.82) is 0 Å². The molecule has 1 saturated heterocycles. The summed E-state index contributed by atoms with van der Waals surface area (Å²) in [6.07, 6.45) is 9.78. The lowest BCUT2D eigenvalue weighted by Gasteiger charge is -2.54. The minimum Gasteiger partial charge on any atom is -0.387 e. The van der Waals surface area contributed by atoms with Gasteiger partial charge in [-0.2, -0.15) is 0 Å². The van der Waals surface area contributed by atoms with E-state index < -0.39 is 5.60 Å². The van der Waals surface area contributed by atoms with Crippen LogP contribution in [0.4, 0.5) is 0 Å². The molecule has 2 saturated carbocycles. The molecule has 0 bridgehead atoms. The predicted molar refractivity (Wildman–Crippen MR) is 118 cm³/mol. The topological polar surface area (TPSA) is 58.4 Å². The van der Waals surface area contributed by atoms with Crippen LogP contribution in [0.15, 0.2) is 47.5 Å². The second-order valence-corrected chi connectivity index (χ2v) is 10.1. The van der Waals surface area contributed by atoms with Gasteiger partial charge in [-0.3, -0.25) is 9.36 Å². The van der Waals surface area contributed by atoms with Crippen LogP contribution in [0, 0.1) is 17.3 Å². The van der Waals surface area contributed by atoms with Gasteiger partial charge < -0.3 is 10.0 Å². The molecule has 1 aliphatic heterocycles. The van der Waals surface area contributed by atoms with Crippen molar-refractivity contribution in [3.05, 3.63) is 53.1 Å². The van der Waals surface area contributed by atoms with E-state index in [1.165, 1.54) is 32.1 Å². The molecule has 2 aliphatic carbocycles. The standard InChI is InChI=1S/C25H33N3O2/c1-27-13-12-25(30,24(16-27)11-5-8-21(24)14-19-9-10-19)17-28-18-26-22(15-23(28)29)20-6-3-2-4-7-20/h2-4,6-7,15,18-19,21,30H,5,8-14,16-17H2,1H3. The number of nitrogens with zero attached hydrogens (tertiary/aromatic N) is 3. The van der Waals surface area contributed by atoms with Gasteiger partial charge in [-0.25, -0.2) is 4.98 Å². The van der Waals surface area contributed by atoms with E-state index in [1.54, 1.807) is 17.0 Å². The van der Waals surface area contributed by atoms with Crippen molar-refractivity contribution >= 4 is 0 Å². The molecule has 0 radical (unpaired) electrons. The zero-order valence-corrected chi connectivity index (χ0v) is 18.0. The molecule has 2 aromatic rings. The molecule has 30 heavy (non-hydrogen) atoms. The van der Waals surface area contributed by atoms with E-state index in [4.69, 9.17) is 0 Å². The van der Waals surface area contributed by atoms with Gasteiger partial charge in [0.15, 0.2) is 0 Å². The lowest BCUT2D eigenvalue weighted by atomic mass is 9.60. The molecule has 1 aromatic heterocycles. The lowest BCUT2D eigenvalue weighted by molar-refractivity contribution is -0.160. The molecular formula is C25H33N3O2. The monoisotopic (exact) mass is 407 g/mol. The molecule has 160 valence electrons. The van der Waals surface area contributed by atoms with Crippen LogP contribution < -0.4 is 5.56 Å². The van der Waals surface area contributed by atoms with Crippen LogP contribution in [0.3, 0.4) is 0 Å². The highest BCUT2D eigenvalue weighted by Crippen LogP contribution is 2.58. The van der Waals surface area contributed by atoms with E-state index in [0.717, 1.165) is 37.4 Å². The molecule has 1 N–H and O–H groups in total. The number of rotatable bonds is 5. The summed E-state index contributed by atoms with van der Waals surface area (Å²) in [5.41, 5.74) is 0.587. The molecule has 1 aromatic carbocycles. The molecule has 5 rings (SSSR count). The van der Waals surface area contributed by atoms with Crippen molar-refractivity contribution in [1.82, 2.24) is 14.5 Å². The SMILES string of the molecule is CN1CCC(O)(Cn2cnc(-c3ccccc3)cc2=O)C2(CCCC2CC2CC2)C1. The fraction of sp³-hybridized carbons (Fsp3) is 0.600. The Labute approximate surface area is 178 Å². The zero-order chi connectivity index (χ0) is 20.8. The van der Waals surface area contributed by atoms with E-state index in [0.29, 0.717) is 18.2 Å². The smallest absolute Gasteiger partial charge is 0.253 e. The third kappa shape index (κ3) is 3.52. The quantitative estimate of drug-likeness (QED) is 0.823. The van der Waals surface area contributed by atoms with E-state index >= 15 is 0 Å². The van der Waals surface area contributed by atoms with Crippen LogP contribution in [0.2, 0.25) is 0 Å². The number of piperidine rings is 1. The molecule has 3 unspecified atom stereocenters. The van der Waals surface area contributed by atoms with Crippen LogP contribution >= 0.6 is 0 Å². The first kappa shape index (κ1) is 20.0. The number of benzene rings is 1. The average molecular weight is 408 g/mol. The predicted octanol–water partition coefficient (Wildman–Crippen LogP) is 3.56. The molecular weight excluding hydrogens is 374 g/mol. The van der Waals surface area contributed by atoms with Gasteiger partial charge in [0.25, 0.3) is 5.56 Å². The second-order valence-electron chi connectivity index (χ2n) is 10.1. The Bertz CT molecular complexity index is 954. The second kappa shape index (κ2) is 7.61. The fourth-order valence-corrected chi connectivity index (χ4v) is 6.23. The summed E-state index contributed by atoms with van der Waals surface area (Å²) in [7, 11) is 2.18. The Morgan fingerprint density at radius 3 is 2.70 bits per heavy atom. The fourth-order valence-electron chi connectivity index (χ4n) is 6.23. The van der Waals surface area contributed by atoms with Gasteiger partial charge in [-0.15, -0.1) is 0 Å². The number of aromatic nitrogens is 2. The van der Waals surface area contributed by atoms with Gasteiger partial charge in [-0.1, -0.05) is 49.6 Å². The summed E-state index contributed by atoms with van der Waals surface area (Å²) in [4.78, 5) is 19.9. The first-order valence-corrected chi connectivity index (χ1v) is 11.5. The molecule has 1 spiro atoms. The van der Waals surface area contributed by atoms with Gasteiger partial charge >= 0.3 is 0 Å². The molecule has 5 heteroatoms. The molecule has 3 aliphatic rings. The van der Waals surface area contributed by atoms with Crippen LogP contribution in [-0.2, 0) is 6.54 Å². The summed E-state index contributed by atoms with van der Waals surface area (Å²) in [5.74, 6) is 1.42. The van der Waals surface area contributed by atoms with Crippen molar-refractivity contribution < 1.29 is 5.11 Å². The Morgan fingerprint density at radius 2 is 1.97 bits per heavy atom. The third-order valence-corrected chi connectivity index (χ3v) is 8.04. The number of hydrogen-bond donors (Lipinski definition) is 1. The van der Waals surface area contributed by atoms with E-state index in [9.17, 15) is 9.90 Å². The van der Waals surface area contributed by atoms with Gasteiger partial charge in [0.1, 0.15) is 0 Å². The Balaban J connectivity index is 1.45. The van der Waals surface area contributed by atoms with Crippen LogP contribution in [0.5, 0.6) is 0 Å².